The van der Waals surface area contributed by atoms with Gasteiger partial charge in [-0.05, 0) is 29.8 Å². The molecular formula is C19H17N3O4. The molecule has 0 aliphatic heterocycles. The molecule has 0 spiro atoms. The maximum atomic E-state index is 12.3. The summed E-state index contributed by atoms with van der Waals surface area (Å²) in [6.07, 6.45) is 2.94. The van der Waals surface area contributed by atoms with Crippen LogP contribution in [0.1, 0.15) is 15.9 Å². The van der Waals surface area contributed by atoms with Crippen LogP contribution in [-0.2, 0) is 4.79 Å². The summed E-state index contributed by atoms with van der Waals surface area (Å²) >= 11 is 0. The van der Waals surface area contributed by atoms with Gasteiger partial charge >= 0.3 is 5.91 Å². The summed E-state index contributed by atoms with van der Waals surface area (Å²) in [5.74, 6) is -0.348. The average Bonchev–Trinajstić information content (AvgIpc) is 3.11. The molecule has 1 amide bonds. The van der Waals surface area contributed by atoms with Crippen molar-refractivity contribution < 1.29 is 19.1 Å². The van der Waals surface area contributed by atoms with Crippen molar-refractivity contribution in [2.24, 2.45) is 5.10 Å². The smallest absolute Gasteiger partial charge is 0.312 e. The fourth-order valence-corrected chi connectivity index (χ4v) is 2.53. The largest absolute Gasteiger partial charge is 0.493 e. The molecule has 0 unspecified atom stereocenters. The Balaban J connectivity index is 1.70. The maximum absolute atomic E-state index is 12.3. The molecule has 0 radical (unpaired) electrons. The fourth-order valence-electron chi connectivity index (χ4n) is 2.53. The molecule has 3 rings (SSSR count). The third kappa shape index (κ3) is 3.41. The minimum absolute atomic E-state index is 0.305. The van der Waals surface area contributed by atoms with Gasteiger partial charge in [0.1, 0.15) is 0 Å². The van der Waals surface area contributed by atoms with Gasteiger partial charge in [0.25, 0.3) is 5.78 Å². The summed E-state index contributed by atoms with van der Waals surface area (Å²) < 4.78 is 10.4. The lowest BCUT2D eigenvalue weighted by Crippen LogP contribution is -2.27. The lowest BCUT2D eigenvalue weighted by molar-refractivity contribution is -0.116. The molecule has 0 atom stereocenters. The van der Waals surface area contributed by atoms with Gasteiger partial charge in [-0.3, -0.25) is 9.59 Å². The first-order chi connectivity index (χ1) is 12.6. The molecule has 0 saturated carbocycles. The summed E-state index contributed by atoms with van der Waals surface area (Å²) in [4.78, 5) is 27.3. The number of aromatic nitrogens is 1. The van der Waals surface area contributed by atoms with Gasteiger partial charge in [-0.2, -0.15) is 5.10 Å². The van der Waals surface area contributed by atoms with Crippen molar-refractivity contribution in [1.82, 2.24) is 10.4 Å². The highest BCUT2D eigenvalue weighted by Gasteiger charge is 2.19. The number of fused-ring (bicyclic) bond motifs is 1. The Bertz CT molecular complexity index is 991. The number of methoxy groups -OCH3 is 2. The number of aromatic amines is 1. The first-order valence-corrected chi connectivity index (χ1v) is 7.80. The van der Waals surface area contributed by atoms with E-state index in [0.717, 1.165) is 5.52 Å². The predicted octanol–water partition coefficient (Wildman–Crippen LogP) is 2.52. The van der Waals surface area contributed by atoms with Crippen LogP contribution >= 0.6 is 0 Å². The van der Waals surface area contributed by atoms with Crippen LogP contribution in [0.4, 0.5) is 0 Å². The highest BCUT2D eigenvalue weighted by atomic mass is 16.5. The standard InChI is InChI=1S/C19H17N3O4/c1-25-16-8-7-12(9-17(16)26-2)10-21-22-19(24)18(23)14-11-20-15-6-4-3-5-13(14)15/h3-11,20H,1-2H3,(H,22,24)/b21-10+. The lowest BCUT2D eigenvalue weighted by Gasteiger charge is -2.07. The van der Waals surface area contributed by atoms with Gasteiger partial charge in [0.2, 0.25) is 0 Å². The van der Waals surface area contributed by atoms with Crippen LogP contribution < -0.4 is 14.9 Å². The number of Topliss-reactive ketones (excluding diaryl/α,β-unsaturated/α-hetero) is 1. The van der Waals surface area contributed by atoms with Crippen molar-refractivity contribution in [3.63, 3.8) is 0 Å². The van der Waals surface area contributed by atoms with Crippen LogP contribution in [0.5, 0.6) is 11.5 Å². The number of carbonyl (C=O) groups is 2. The Hall–Kier alpha value is -3.61. The van der Waals surface area contributed by atoms with Crippen LogP contribution in [-0.4, -0.2) is 37.1 Å². The second kappa shape index (κ2) is 7.52. The maximum Gasteiger partial charge on any atom is 0.312 e. The molecule has 0 saturated heterocycles. The van der Waals surface area contributed by atoms with Gasteiger partial charge in [0.15, 0.2) is 11.5 Å². The zero-order valence-corrected chi connectivity index (χ0v) is 14.3. The second-order valence-electron chi connectivity index (χ2n) is 5.39. The molecule has 7 nitrogen and oxygen atoms in total. The predicted molar refractivity (Wildman–Crippen MR) is 97.9 cm³/mol. The zero-order chi connectivity index (χ0) is 18.5. The van der Waals surface area contributed by atoms with Crippen molar-refractivity contribution >= 4 is 28.8 Å². The number of nitrogens with zero attached hydrogens (tertiary/aromatic N) is 1. The number of ketones is 1. The number of hydrazone groups is 1. The topological polar surface area (TPSA) is 92.8 Å². The van der Waals surface area contributed by atoms with Crippen LogP contribution in [0, 0.1) is 0 Å². The van der Waals surface area contributed by atoms with E-state index in [4.69, 9.17) is 9.47 Å². The lowest BCUT2D eigenvalue weighted by atomic mass is 10.1. The van der Waals surface area contributed by atoms with E-state index in [2.05, 4.69) is 15.5 Å². The SMILES string of the molecule is COc1ccc(/C=N/NC(=O)C(=O)c2c[nH]c3ccccc23)cc1OC. The first kappa shape index (κ1) is 17.2. The Morgan fingerprint density at radius 1 is 1.08 bits per heavy atom. The normalized spacial score (nSPS) is 10.8. The van der Waals surface area contributed by atoms with Crippen molar-refractivity contribution in [3.05, 3.63) is 59.8 Å². The Morgan fingerprint density at radius 3 is 2.62 bits per heavy atom. The molecule has 1 aromatic heterocycles. The van der Waals surface area contributed by atoms with E-state index >= 15 is 0 Å². The number of hydrogen-bond donors (Lipinski definition) is 2. The summed E-state index contributed by atoms with van der Waals surface area (Å²) in [6, 6.07) is 12.4. The summed E-state index contributed by atoms with van der Waals surface area (Å²) in [7, 11) is 3.07. The van der Waals surface area contributed by atoms with Crippen LogP contribution in [0.2, 0.25) is 0 Å². The summed E-state index contributed by atoms with van der Waals surface area (Å²) in [6.45, 7) is 0. The summed E-state index contributed by atoms with van der Waals surface area (Å²) in [5, 5.41) is 4.52. The molecule has 3 aromatic rings. The molecule has 7 heteroatoms. The van der Waals surface area contributed by atoms with Gasteiger partial charge in [-0.15, -0.1) is 0 Å². The summed E-state index contributed by atoms with van der Waals surface area (Å²) in [5.41, 5.74) is 4.02. The molecule has 132 valence electrons. The Kier molecular flexibility index (Phi) is 4.98. The van der Waals surface area contributed by atoms with Crippen LogP contribution in [0.25, 0.3) is 10.9 Å². The minimum Gasteiger partial charge on any atom is -0.493 e. The number of para-hydroxylation sites is 1. The van der Waals surface area contributed by atoms with Crippen LogP contribution in [0.3, 0.4) is 0 Å². The van der Waals surface area contributed by atoms with Gasteiger partial charge < -0.3 is 14.5 Å². The van der Waals surface area contributed by atoms with Crippen molar-refractivity contribution in [2.75, 3.05) is 14.2 Å². The second-order valence-corrected chi connectivity index (χ2v) is 5.39. The quantitative estimate of drug-likeness (QED) is 0.309. The molecule has 1 heterocycles. The zero-order valence-electron chi connectivity index (χ0n) is 14.3. The van der Waals surface area contributed by atoms with E-state index in [1.165, 1.54) is 19.5 Å². The number of rotatable bonds is 6. The molecule has 0 aliphatic rings. The Morgan fingerprint density at radius 2 is 1.85 bits per heavy atom. The monoisotopic (exact) mass is 351 g/mol. The third-order valence-corrected chi connectivity index (χ3v) is 3.83. The first-order valence-electron chi connectivity index (χ1n) is 7.80. The molecule has 2 aromatic carbocycles. The fraction of sp³-hybridized carbons (Fsp3) is 0.105. The molecule has 26 heavy (non-hydrogen) atoms. The van der Waals surface area contributed by atoms with Crippen molar-refractivity contribution in [3.8, 4) is 11.5 Å². The minimum atomic E-state index is -0.813. The number of hydrogen-bond acceptors (Lipinski definition) is 5. The van der Waals surface area contributed by atoms with Crippen LogP contribution in [0.15, 0.2) is 53.8 Å². The van der Waals surface area contributed by atoms with Gasteiger partial charge in [-0.1, -0.05) is 18.2 Å². The number of ether oxygens (including phenoxy) is 2. The van der Waals surface area contributed by atoms with Gasteiger partial charge in [-0.25, -0.2) is 5.43 Å². The number of H-pyrrole nitrogens is 1. The van der Waals surface area contributed by atoms with E-state index in [1.54, 1.807) is 37.4 Å². The van der Waals surface area contributed by atoms with Crippen molar-refractivity contribution in [1.29, 1.82) is 0 Å². The number of nitrogens with one attached hydrogen (secondary N) is 2. The van der Waals surface area contributed by atoms with Gasteiger partial charge in [0.05, 0.1) is 26.0 Å². The van der Waals surface area contributed by atoms with Crippen molar-refractivity contribution in [2.45, 2.75) is 0 Å². The molecule has 2 N–H and O–H groups in total. The molecule has 0 fully saturated rings. The molecule has 0 bridgehead atoms. The molecule has 0 aliphatic carbocycles. The Labute approximate surface area is 149 Å². The highest BCUT2D eigenvalue weighted by molar-refractivity contribution is 6.44. The average molecular weight is 351 g/mol. The van der Waals surface area contributed by atoms with E-state index < -0.39 is 11.7 Å². The van der Waals surface area contributed by atoms with E-state index in [-0.39, 0.29) is 0 Å². The number of amides is 1. The van der Waals surface area contributed by atoms with E-state index in [0.29, 0.717) is 28.0 Å². The highest BCUT2D eigenvalue weighted by Crippen LogP contribution is 2.26. The third-order valence-electron chi connectivity index (χ3n) is 3.83. The van der Waals surface area contributed by atoms with Gasteiger partial charge in [0, 0.05) is 17.1 Å². The number of carbonyl (C=O) groups excluding carboxylic acids is 2. The number of benzene rings is 2. The molecular weight excluding hydrogens is 334 g/mol. The van der Waals surface area contributed by atoms with E-state index in [9.17, 15) is 9.59 Å². The van der Waals surface area contributed by atoms with E-state index in [1.807, 2.05) is 12.1 Å².